The van der Waals surface area contributed by atoms with Crippen molar-refractivity contribution in [3.63, 3.8) is 0 Å². The molecule has 0 aliphatic carbocycles. The van der Waals surface area contributed by atoms with Crippen LogP contribution in [0.25, 0.3) is 0 Å². The van der Waals surface area contributed by atoms with Gasteiger partial charge in [-0.2, -0.15) is 4.52 Å². The van der Waals surface area contributed by atoms with Gasteiger partial charge < -0.3 is 0 Å². The van der Waals surface area contributed by atoms with E-state index in [0.717, 1.165) is 0 Å². The highest BCUT2D eigenvalue weighted by Gasteiger charge is 2.00. The molecule has 0 amide bonds. The van der Waals surface area contributed by atoms with Crippen LogP contribution in [0.5, 0.6) is 0 Å². The molecule has 0 bridgehead atoms. The zero-order valence-corrected chi connectivity index (χ0v) is 5.82. The summed E-state index contributed by atoms with van der Waals surface area (Å²) in [6.45, 7) is 2.49. The molecule has 0 saturated carbocycles. The SMILES string of the molecule is CCO[P+](=S)Cl. The van der Waals surface area contributed by atoms with Gasteiger partial charge in [-0.15, -0.1) is 0 Å². The van der Waals surface area contributed by atoms with Gasteiger partial charge in [0.15, 0.2) is 0 Å². The largest absolute Gasteiger partial charge is 0.461 e. The van der Waals surface area contributed by atoms with Gasteiger partial charge in [0.05, 0.1) is 6.61 Å². The van der Waals surface area contributed by atoms with E-state index in [0.29, 0.717) is 6.61 Å². The maximum Gasteiger partial charge on any atom is 0.461 e. The molecule has 0 aliphatic heterocycles. The van der Waals surface area contributed by atoms with Gasteiger partial charge >= 0.3 is 6.28 Å². The standard InChI is InChI=1S/C2H5ClOPS/c1-2-4-5(3)6/h2H2,1H3/q+1. The Hall–Kier alpha value is 0.770. The molecule has 0 N–H and O–H groups in total. The van der Waals surface area contributed by atoms with E-state index in [2.05, 4.69) is 16.3 Å². The lowest BCUT2D eigenvalue weighted by molar-refractivity contribution is 0.395. The van der Waals surface area contributed by atoms with Gasteiger partial charge in [-0.1, -0.05) is 0 Å². The van der Waals surface area contributed by atoms with Crippen LogP contribution in [-0.2, 0) is 16.3 Å². The molecular formula is C2H5ClOPS+. The third-order valence-corrected chi connectivity index (χ3v) is 1.30. The summed E-state index contributed by atoms with van der Waals surface area (Å²) in [6, 6.07) is 0. The van der Waals surface area contributed by atoms with Gasteiger partial charge in [-0.05, 0) is 6.92 Å². The number of hydrogen-bond donors (Lipinski definition) is 0. The number of hydrogen-bond acceptors (Lipinski definition) is 2. The predicted molar refractivity (Wildman–Crippen MR) is 31.8 cm³/mol. The van der Waals surface area contributed by atoms with Gasteiger partial charge in [-0.3, -0.25) is 0 Å². The molecule has 0 fully saturated rings. The highest BCUT2D eigenvalue weighted by atomic mass is 35.7. The summed E-state index contributed by atoms with van der Waals surface area (Å²) in [5, 5.41) is 0. The van der Waals surface area contributed by atoms with Crippen LogP contribution in [0.4, 0.5) is 0 Å². The van der Waals surface area contributed by atoms with Crippen molar-refractivity contribution >= 4 is 29.3 Å². The molecule has 1 atom stereocenters. The normalized spacial score (nSPS) is 11.3. The lowest BCUT2D eigenvalue weighted by Gasteiger charge is -1.70. The van der Waals surface area contributed by atoms with Crippen molar-refractivity contribution in [3.05, 3.63) is 0 Å². The van der Waals surface area contributed by atoms with Gasteiger partial charge in [-0.25, -0.2) is 0 Å². The molecule has 0 aromatic rings. The van der Waals surface area contributed by atoms with E-state index in [-0.39, 0.29) is 0 Å². The number of halogens is 1. The molecule has 0 aliphatic rings. The predicted octanol–water partition coefficient (Wildman–Crippen LogP) is 2.04. The molecule has 0 heterocycles. The van der Waals surface area contributed by atoms with Crippen LogP contribution in [0.3, 0.4) is 0 Å². The van der Waals surface area contributed by atoms with Crippen LogP contribution >= 0.6 is 17.5 Å². The van der Waals surface area contributed by atoms with Crippen molar-refractivity contribution in [1.29, 1.82) is 0 Å². The smallest absolute Gasteiger partial charge is 0.154 e. The van der Waals surface area contributed by atoms with Gasteiger partial charge in [0.1, 0.15) is 0 Å². The van der Waals surface area contributed by atoms with E-state index in [1.54, 1.807) is 0 Å². The summed E-state index contributed by atoms with van der Waals surface area (Å²) in [7, 11) is 0. The summed E-state index contributed by atoms with van der Waals surface area (Å²) in [5.41, 5.74) is 0. The highest BCUT2D eigenvalue weighted by molar-refractivity contribution is 8.14. The monoisotopic (exact) mass is 143 g/mol. The molecule has 36 valence electrons. The van der Waals surface area contributed by atoms with E-state index in [1.165, 1.54) is 0 Å². The zero-order valence-electron chi connectivity index (χ0n) is 3.35. The highest BCUT2D eigenvalue weighted by Crippen LogP contribution is 2.27. The fourth-order valence-corrected chi connectivity index (χ4v) is 0.913. The first-order valence-corrected chi connectivity index (χ1v) is 4.71. The van der Waals surface area contributed by atoms with Gasteiger partial charge in [0.25, 0.3) is 0 Å². The van der Waals surface area contributed by atoms with Crippen molar-refractivity contribution in [3.8, 4) is 0 Å². The molecule has 0 aromatic carbocycles. The lowest BCUT2D eigenvalue weighted by atomic mass is 10.9. The minimum absolute atomic E-state index is 0.624. The second-order valence-electron chi connectivity index (χ2n) is 0.630. The van der Waals surface area contributed by atoms with Crippen molar-refractivity contribution < 1.29 is 4.52 Å². The minimum Gasteiger partial charge on any atom is -0.154 e. The summed E-state index contributed by atoms with van der Waals surface area (Å²) >= 11 is 9.72. The Morgan fingerprint density at radius 2 is 2.50 bits per heavy atom. The molecule has 1 nitrogen and oxygen atoms in total. The molecule has 0 saturated heterocycles. The summed E-state index contributed by atoms with van der Waals surface area (Å²) in [6.07, 6.45) is -1.05. The van der Waals surface area contributed by atoms with Gasteiger partial charge in [0.2, 0.25) is 23.0 Å². The van der Waals surface area contributed by atoms with Crippen LogP contribution in [0.1, 0.15) is 6.92 Å². The summed E-state index contributed by atoms with van der Waals surface area (Å²) in [4.78, 5) is 0. The Morgan fingerprint density at radius 3 is 2.50 bits per heavy atom. The fraction of sp³-hybridized carbons (Fsp3) is 1.00. The average Bonchev–Trinajstić information content (AvgIpc) is 1.35. The molecule has 0 radical (unpaired) electrons. The van der Waals surface area contributed by atoms with Crippen molar-refractivity contribution in [2.45, 2.75) is 6.92 Å². The molecule has 6 heavy (non-hydrogen) atoms. The topological polar surface area (TPSA) is 9.23 Å². The zero-order chi connectivity index (χ0) is 4.99. The van der Waals surface area contributed by atoms with E-state index >= 15 is 0 Å². The molecule has 0 aromatic heterocycles. The Balaban J connectivity index is 2.83. The fourth-order valence-electron chi connectivity index (χ4n) is 0.101. The van der Waals surface area contributed by atoms with Crippen LogP contribution in [0, 0.1) is 0 Å². The Bertz CT molecular complexity index is 57.5. The molecule has 4 heteroatoms. The first-order chi connectivity index (χ1) is 2.77. The second kappa shape index (κ2) is 3.94. The quantitative estimate of drug-likeness (QED) is 0.547. The van der Waals surface area contributed by atoms with Crippen molar-refractivity contribution in [1.82, 2.24) is 0 Å². The first-order valence-electron chi connectivity index (χ1n) is 1.53. The third kappa shape index (κ3) is 4.77. The average molecular weight is 144 g/mol. The molecule has 1 unspecified atom stereocenters. The van der Waals surface area contributed by atoms with Crippen LogP contribution < -0.4 is 0 Å². The third-order valence-electron chi connectivity index (χ3n) is 0.231. The summed E-state index contributed by atoms with van der Waals surface area (Å²) in [5.74, 6) is 0. The maximum atomic E-state index is 5.24. The van der Waals surface area contributed by atoms with E-state index < -0.39 is 6.28 Å². The van der Waals surface area contributed by atoms with Crippen LogP contribution in [0.2, 0.25) is 0 Å². The lowest BCUT2D eigenvalue weighted by Crippen LogP contribution is -1.68. The van der Waals surface area contributed by atoms with E-state index in [4.69, 9.17) is 11.2 Å². The Morgan fingerprint density at radius 1 is 2.00 bits per heavy atom. The van der Waals surface area contributed by atoms with E-state index in [1.807, 2.05) is 6.92 Å². The van der Waals surface area contributed by atoms with Crippen molar-refractivity contribution in [2.24, 2.45) is 0 Å². The van der Waals surface area contributed by atoms with E-state index in [9.17, 15) is 0 Å². The number of rotatable bonds is 2. The minimum atomic E-state index is -1.05. The molecule has 0 spiro atoms. The van der Waals surface area contributed by atoms with Crippen LogP contribution in [-0.4, -0.2) is 6.61 Å². The Kier molecular flexibility index (Phi) is 4.45. The molecular weight excluding hydrogens is 139 g/mol. The maximum absolute atomic E-state index is 5.24. The van der Waals surface area contributed by atoms with Gasteiger partial charge in [0, 0.05) is 0 Å². The van der Waals surface area contributed by atoms with Crippen molar-refractivity contribution in [2.75, 3.05) is 6.61 Å². The Labute approximate surface area is 47.9 Å². The molecule has 0 rings (SSSR count). The second-order valence-corrected chi connectivity index (χ2v) is 3.83. The summed E-state index contributed by atoms with van der Waals surface area (Å²) < 4.78 is 4.69. The van der Waals surface area contributed by atoms with Crippen LogP contribution in [0.15, 0.2) is 0 Å². The first kappa shape index (κ1) is 6.77.